The van der Waals surface area contributed by atoms with Gasteiger partial charge in [0.05, 0.1) is 23.6 Å². The number of aromatic nitrogens is 1. The van der Waals surface area contributed by atoms with Crippen LogP contribution in [0.4, 0.5) is 0 Å². The van der Waals surface area contributed by atoms with Crippen molar-refractivity contribution in [1.29, 1.82) is 0 Å². The Hall–Kier alpha value is -0.900. The van der Waals surface area contributed by atoms with Crippen molar-refractivity contribution in [2.24, 2.45) is 10.7 Å². The van der Waals surface area contributed by atoms with E-state index < -0.39 is 0 Å². The standard InChI is InChI=1S/C8H13N3S/c1-2-3-8(9)10-4-7-5-12-6-11-7/h5-6H,2-4H2,1H3,(H2,9,10). The van der Waals surface area contributed by atoms with Gasteiger partial charge in [0, 0.05) is 11.8 Å². The minimum absolute atomic E-state index is 0.620. The molecule has 3 nitrogen and oxygen atoms in total. The molecule has 66 valence electrons. The van der Waals surface area contributed by atoms with Gasteiger partial charge in [0.1, 0.15) is 0 Å². The van der Waals surface area contributed by atoms with Crippen LogP contribution in [0.15, 0.2) is 15.9 Å². The van der Waals surface area contributed by atoms with Gasteiger partial charge in [0.2, 0.25) is 0 Å². The zero-order valence-corrected chi connectivity index (χ0v) is 7.97. The summed E-state index contributed by atoms with van der Waals surface area (Å²) in [5, 5.41) is 1.99. The molecule has 0 fully saturated rings. The van der Waals surface area contributed by atoms with E-state index >= 15 is 0 Å². The number of rotatable bonds is 4. The van der Waals surface area contributed by atoms with E-state index in [1.165, 1.54) is 0 Å². The lowest BCUT2D eigenvalue weighted by Crippen LogP contribution is -2.11. The molecule has 0 amide bonds. The van der Waals surface area contributed by atoms with Crippen LogP contribution in [0.5, 0.6) is 0 Å². The van der Waals surface area contributed by atoms with Crippen LogP contribution in [0, 0.1) is 0 Å². The van der Waals surface area contributed by atoms with E-state index in [-0.39, 0.29) is 0 Å². The molecule has 1 aromatic heterocycles. The Bertz CT molecular complexity index is 241. The molecule has 0 aliphatic rings. The third-order valence-corrected chi connectivity index (χ3v) is 2.07. The van der Waals surface area contributed by atoms with Crippen molar-refractivity contribution in [1.82, 2.24) is 4.98 Å². The summed E-state index contributed by atoms with van der Waals surface area (Å²) < 4.78 is 0. The molecule has 0 radical (unpaired) electrons. The second kappa shape index (κ2) is 4.87. The molecule has 12 heavy (non-hydrogen) atoms. The lowest BCUT2D eigenvalue weighted by Gasteiger charge is -1.95. The minimum Gasteiger partial charge on any atom is -0.387 e. The summed E-state index contributed by atoms with van der Waals surface area (Å²) >= 11 is 1.58. The van der Waals surface area contributed by atoms with E-state index in [0.717, 1.165) is 24.4 Å². The molecule has 1 aromatic rings. The Morgan fingerprint density at radius 2 is 2.58 bits per heavy atom. The molecule has 0 aliphatic heterocycles. The average molecular weight is 183 g/mol. The number of thiazole rings is 1. The lowest BCUT2D eigenvalue weighted by atomic mass is 10.3. The largest absolute Gasteiger partial charge is 0.387 e. The summed E-state index contributed by atoms with van der Waals surface area (Å²) in [5.74, 6) is 0.727. The fourth-order valence-corrected chi connectivity index (χ4v) is 1.38. The SMILES string of the molecule is CCCC(N)=NCc1cscn1. The van der Waals surface area contributed by atoms with Crippen molar-refractivity contribution in [3.05, 3.63) is 16.6 Å². The monoisotopic (exact) mass is 183 g/mol. The first kappa shape index (κ1) is 9.19. The zero-order chi connectivity index (χ0) is 8.81. The van der Waals surface area contributed by atoms with Crippen LogP contribution in [0.3, 0.4) is 0 Å². The number of nitrogens with two attached hydrogens (primary N) is 1. The summed E-state index contributed by atoms with van der Waals surface area (Å²) in [4.78, 5) is 8.30. The Morgan fingerprint density at radius 1 is 1.75 bits per heavy atom. The van der Waals surface area contributed by atoms with Crippen LogP contribution in [0.1, 0.15) is 25.5 Å². The van der Waals surface area contributed by atoms with Crippen molar-refractivity contribution in [3.63, 3.8) is 0 Å². The number of nitrogens with zero attached hydrogens (tertiary/aromatic N) is 2. The highest BCUT2D eigenvalue weighted by atomic mass is 32.1. The van der Waals surface area contributed by atoms with Crippen LogP contribution in [-0.4, -0.2) is 10.8 Å². The zero-order valence-electron chi connectivity index (χ0n) is 7.16. The van der Waals surface area contributed by atoms with Gasteiger partial charge in [-0.15, -0.1) is 11.3 Å². The first-order valence-electron chi connectivity index (χ1n) is 3.98. The molecule has 1 rings (SSSR count). The van der Waals surface area contributed by atoms with Crippen molar-refractivity contribution < 1.29 is 0 Å². The quantitative estimate of drug-likeness (QED) is 0.571. The van der Waals surface area contributed by atoms with Gasteiger partial charge < -0.3 is 5.73 Å². The number of hydrogen-bond acceptors (Lipinski definition) is 3. The fraction of sp³-hybridized carbons (Fsp3) is 0.500. The molecule has 4 heteroatoms. The molecule has 2 N–H and O–H groups in total. The normalized spacial score (nSPS) is 11.9. The van der Waals surface area contributed by atoms with Gasteiger partial charge in [-0.2, -0.15) is 0 Å². The second-order valence-corrected chi connectivity index (χ2v) is 3.26. The Labute approximate surface area is 76.4 Å². The molecule has 0 bridgehead atoms. The smallest absolute Gasteiger partial charge is 0.0941 e. The predicted molar refractivity (Wildman–Crippen MR) is 52.3 cm³/mol. The Kier molecular flexibility index (Phi) is 3.73. The molecule has 0 unspecified atom stereocenters. The van der Waals surface area contributed by atoms with E-state index in [0.29, 0.717) is 6.54 Å². The first-order valence-corrected chi connectivity index (χ1v) is 4.93. The van der Waals surface area contributed by atoms with Gasteiger partial charge in [-0.3, -0.25) is 4.99 Å². The number of aliphatic imine (C=N–C) groups is 1. The molecular weight excluding hydrogens is 170 g/mol. The third kappa shape index (κ3) is 3.00. The topological polar surface area (TPSA) is 51.3 Å². The van der Waals surface area contributed by atoms with Gasteiger partial charge in [-0.25, -0.2) is 4.98 Å². The molecule has 0 atom stereocenters. The van der Waals surface area contributed by atoms with E-state index in [9.17, 15) is 0 Å². The molecule has 0 saturated carbocycles. The second-order valence-electron chi connectivity index (χ2n) is 2.54. The van der Waals surface area contributed by atoms with Gasteiger partial charge in [-0.05, 0) is 6.42 Å². The number of hydrogen-bond donors (Lipinski definition) is 1. The summed E-state index contributed by atoms with van der Waals surface area (Å²) in [6.07, 6.45) is 1.93. The lowest BCUT2D eigenvalue weighted by molar-refractivity contribution is 0.941. The molecule has 0 aromatic carbocycles. The maximum absolute atomic E-state index is 5.63. The highest BCUT2D eigenvalue weighted by Crippen LogP contribution is 2.02. The highest BCUT2D eigenvalue weighted by Gasteiger charge is 1.93. The van der Waals surface area contributed by atoms with E-state index in [1.807, 2.05) is 5.38 Å². The summed E-state index contributed by atoms with van der Waals surface area (Å²) in [6, 6.07) is 0. The summed E-state index contributed by atoms with van der Waals surface area (Å²) in [5.41, 5.74) is 8.43. The van der Waals surface area contributed by atoms with Gasteiger partial charge in [-0.1, -0.05) is 6.92 Å². The molecule has 0 aliphatic carbocycles. The highest BCUT2D eigenvalue weighted by molar-refractivity contribution is 7.07. The van der Waals surface area contributed by atoms with Crippen molar-refractivity contribution in [3.8, 4) is 0 Å². The van der Waals surface area contributed by atoms with Crippen molar-refractivity contribution >= 4 is 17.2 Å². The van der Waals surface area contributed by atoms with Gasteiger partial charge >= 0.3 is 0 Å². The predicted octanol–water partition coefficient (Wildman–Crippen LogP) is 1.80. The maximum atomic E-state index is 5.63. The molecular formula is C8H13N3S. The summed E-state index contributed by atoms with van der Waals surface area (Å²) in [7, 11) is 0. The minimum atomic E-state index is 0.620. The van der Waals surface area contributed by atoms with Crippen LogP contribution >= 0.6 is 11.3 Å². The number of amidine groups is 1. The third-order valence-electron chi connectivity index (χ3n) is 1.43. The van der Waals surface area contributed by atoms with Crippen LogP contribution in [0.25, 0.3) is 0 Å². The first-order chi connectivity index (χ1) is 5.83. The molecule has 0 saturated heterocycles. The van der Waals surface area contributed by atoms with Crippen LogP contribution < -0.4 is 5.73 Å². The Balaban J connectivity index is 2.38. The van der Waals surface area contributed by atoms with Crippen LogP contribution in [-0.2, 0) is 6.54 Å². The van der Waals surface area contributed by atoms with E-state index in [4.69, 9.17) is 5.73 Å². The van der Waals surface area contributed by atoms with Crippen molar-refractivity contribution in [2.45, 2.75) is 26.3 Å². The Morgan fingerprint density at radius 3 is 3.17 bits per heavy atom. The molecule has 0 spiro atoms. The van der Waals surface area contributed by atoms with Crippen molar-refractivity contribution in [2.75, 3.05) is 0 Å². The average Bonchev–Trinajstić information content (AvgIpc) is 2.53. The van der Waals surface area contributed by atoms with Crippen LogP contribution in [0.2, 0.25) is 0 Å². The van der Waals surface area contributed by atoms with E-state index in [2.05, 4.69) is 16.9 Å². The van der Waals surface area contributed by atoms with E-state index in [1.54, 1.807) is 16.8 Å². The fourth-order valence-electron chi connectivity index (χ4n) is 0.833. The molecule has 1 heterocycles. The van der Waals surface area contributed by atoms with Gasteiger partial charge in [0.25, 0.3) is 0 Å². The summed E-state index contributed by atoms with van der Waals surface area (Å²) in [6.45, 7) is 2.71. The van der Waals surface area contributed by atoms with Gasteiger partial charge in [0.15, 0.2) is 0 Å². The maximum Gasteiger partial charge on any atom is 0.0941 e.